The van der Waals surface area contributed by atoms with Crippen molar-refractivity contribution in [2.24, 2.45) is 0 Å². The zero-order valence-electron chi connectivity index (χ0n) is 12.3. The highest BCUT2D eigenvalue weighted by atomic mass is 32.1. The molecule has 3 N–H and O–H groups in total. The van der Waals surface area contributed by atoms with Gasteiger partial charge in [0.15, 0.2) is 0 Å². The molecular formula is C15H21N3O2S. The lowest BCUT2D eigenvalue weighted by atomic mass is 10.3. The van der Waals surface area contributed by atoms with Crippen molar-refractivity contribution in [2.75, 3.05) is 25.9 Å². The summed E-state index contributed by atoms with van der Waals surface area (Å²) < 4.78 is 5.54. The van der Waals surface area contributed by atoms with Crippen LogP contribution in [0.4, 0.5) is 5.69 Å². The topological polar surface area (TPSA) is 71.6 Å². The minimum atomic E-state index is -0.575. The Hall–Kier alpha value is -1.63. The van der Waals surface area contributed by atoms with Gasteiger partial charge in [-0.2, -0.15) is 0 Å². The van der Waals surface area contributed by atoms with Crippen molar-refractivity contribution < 1.29 is 9.84 Å². The van der Waals surface area contributed by atoms with Gasteiger partial charge in [0.1, 0.15) is 18.5 Å². The maximum Gasteiger partial charge on any atom is 0.142 e. The Kier molecular flexibility index (Phi) is 5.55. The van der Waals surface area contributed by atoms with E-state index in [0.717, 1.165) is 17.2 Å². The molecule has 0 fully saturated rings. The third kappa shape index (κ3) is 5.00. The number of nitrogens with two attached hydrogens (primary N) is 1. The lowest BCUT2D eigenvalue weighted by Crippen LogP contribution is -2.32. The Labute approximate surface area is 129 Å². The van der Waals surface area contributed by atoms with Crippen LogP contribution in [0.3, 0.4) is 0 Å². The number of aryl methyl sites for hydroxylation is 1. The highest BCUT2D eigenvalue weighted by Crippen LogP contribution is 2.19. The minimum Gasteiger partial charge on any atom is -0.489 e. The molecule has 114 valence electrons. The number of anilines is 1. The predicted octanol–water partition coefficient (Wildman–Crippen LogP) is 1.91. The zero-order chi connectivity index (χ0) is 15.2. The third-order valence-corrected chi connectivity index (χ3v) is 3.79. The summed E-state index contributed by atoms with van der Waals surface area (Å²) in [5, 5.41) is 13.1. The van der Waals surface area contributed by atoms with Crippen LogP contribution in [0.1, 0.15) is 10.7 Å². The number of aliphatic hydroxyl groups excluding tert-OH is 1. The fraction of sp³-hybridized carbons (Fsp3) is 0.400. The average Bonchev–Trinajstić information content (AvgIpc) is 2.83. The van der Waals surface area contributed by atoms with E-state index in [1.165, 1.54) is 0 Å². The van der Waals surface area contributed by atoms with E-state index < -0.39 is 6.10 Å². The first-order chi connectivity index (χ1) is 10.0. The van der Waals surface area contributed by atoms with Gasteiger partial charge in [-0.3, -0.25) is 4.90 Å². The number of thiazole rings is 1. The van der Waals surface area contributed by atoms with Gasteiger partial charge in [-0.15, -0.1) is 11.3 Å². The molecule has 0 amide bonds. The van der Waals surface area contributed by atoms with Crippen molar-refractivity contribution in [1.82, 2.24) is 9.88 Å². The summed E-state index contributed by atoms with van der Waals surface area (Å²) in [6.07, 6.45) is -0.575. The third-order valence-electron chi connectivity index (χ3n) is 2.97. The highest BCUT2D eigenvalue weighted by molar-refractivity contribution is 7.09. The molecule has 0 aliphatic carbocycles. The maximum atomic E-state index is 10.0. The number of aromatic nitrogens is 1. The number of likely N-dealkylation sites (N-methyl/N-ethyl adjacent to an activating group) is 1. The largest absolute Gasteiger partial charge is 0.489 e. The van der Waals surface area contributed by atoms with Crippen molar-refractivity contribution >= 4 is 17.0 Å². The average molecular weight is 307 g/mol. The molecule has 0 aliphatic rings. The van der Waals surface area contributed by atoms with E-state index in [0.29, 0.717) is 18.0 Å². The standard InChI is InChI=1S/C15H21N3O2S/c1-11-17-12(10-21-11)7-18(2)8-13(19)9-20-15-6-4-3-5-14(15)16/h3-6,10,13,19H,7-9,16H2,1-2H3. The quantitative estimate of drug-likeness (QED) is 0.765. The minimum absolute atomic E-state index is 0.217. The van der Waals surface area contributed by atoms with Gasteiger partial charge < -0.3 is 15.6 Å². The number of benzene rings is 1. The van der Waals surface area contributed by atoms with Crippen LogP contribution >= 0.6 is 11.3 Å². The molecule has 5 nitrogen and oxygen atoms in total. The lowest BCUT2D eigenvalue weighted by Gasteiger charge is -2.20. The van der Waals surface area contributed by atoms with Crippen molar-refractivity contribution in [1.29, 1.82) is 0 Å². The Morgan fingerprint density at radius 2 is 2.19 bits per heavy atom. The van der Waals surface area contributed by atoms with Crippen molar-refractivity contribution in [3.05, 3.63) is 40.3 Å². The molecule has 1 aromatic carbocycles. The zero-order valence-corrected chi connectivity index (χ0v) is 13.1. The predicted molar refractivity (Wildman–Crippen MR) is 85.5 cm³/mol. The van der Waals surface area contributed by atoms with Crippen molar-refractivity contribution in [2.45, 2.75) is 19.6 Å². The first-order valence-electron chi connectivity index (χ1n) is 6.79. The second kappa shape index (κ2) is 7.40. The molecule has 0 aliphatic heterocycles. The van der Waals surface area contributed by atoms with Crippen LogP contribution in [0, 0.1) is 6.92 Å². The number of hydrogen-bond acceptors (Lipinski definition) is 6. The first kappa shape index (κ1) is 15.8. The molecule has 1 unspecified atom stereocenters. The van der Waals surface area contributed by atoms with Gasteiger partial charge in [0.25, 0.3) is 0 Å². The van der Waals surface area contributed by atoms with Crippen molar-refractivity contribution in [3.8, 4) is 5.75 Å². The fourth-order valence-corrected chi connectivity index (χ4v) is 2.64. The van der Waals surface area contributed by atoms with Gasteiger partial charge in [0.05, 0.1) is 16.4 Å². The van der Waals surface area contributed by atoms with Crippen molar-refractivity contribution in [3.63, 3.8) is 0 Å². The number of ether oxygens (including phenoxy) is 1. The Morgan fingerprint density at radius 1 is 1.43 bits per heavy atom. The number of rotatable bonds is 7. The summed E-state index contributed by atoms with van der Waals surface area (Å²) in [5.41, 5.74) is 7.40. The Morgan fingerprint density at radius 3 is 2.86 bits per heavy atom. The van der Waals surface area contributed by atoms with Crippen LogP contribution < -0.4 is 10.5 Å². The lowest BCUT2D eigenvalue weighted by molar-refractivity contribution is 0.0744. The van der Waals surface area contributed by atoms with Crippen LogP contribution in [0.5, 0.6) is 5.75 Å². The summed E-state index contributed by atoms with van der Waals surface area (Å²) >= 11 is 1.64. The molecule has 1 heterocycles. The van der Waals surface area contributed by atoms with E-state index in [9.17, 15) is 5.11 Å². The number of nitrogen functional groups attached to an aromatic ring is 1. The summed E-state index contributed by atoms with van der Waals surface area (Å²) in [5.74, 6) is 0.606. The number of hydrogen-bond donors (Lipinski definition) is 2. The number of aliphatic hydroxyl groups is 1. The molecule has 0 radical (unpaired) electrons. The second-order valence-corrected chi connectivity index (χ2v) is 6.12. The smallest absolute Gasteiger partial charge is 0.142 e. The molecule has 2 rings (SSSR count). The molecule has 0 saturated carbocycles. The van der Waals surface area contributed by atoms with Gasteiger partial charge in [0.2, 0.25) is 0 Å². The number of nitrogens with zero attached hydrogens (tertiary/aromatic N) is 2. The fourth-order valence-electron chi connectivity index (χ4n) is 2.03. The molecule has 0 bridgehead atoms. The molecule has 2 aromatic rings. The van der Waals surface area contributed by atoms with Crippen LogP contribution in [0.15, 0.2) is 29.6 Å². The second-order valence-electron chi connectivity index (χ2n) is 5.06. The Bertz CT molecular complexity index is 574. The summed E-state index contributed by atoms with van der Waals surface area (Å²) in [4.78, 5) is 6.44. The van der Waals surface area contributed by atoms with Crippen LogP contribution in [0.2, 0.25) is 0 Å². The van der Waals surface area contributed by atoms with E-state index in [2.05, 4.69) is 4.98 Å². The number of para-hydroxylation sites is 2. The molecule has 0 spiro atoms. The Balaban J connectivity index is 1.76. The molecule has 1 aromatic heterocycles. The van der Waals surface area contributed by atoms with E-state index in [4.69, 9.17) is 10.5 Å². The normalized spacial score (nSPS) is 12.6. The van der Waals surface area contributed by atoms with E-state index in [-0.39, 0.29) is 6.61 Å². The molecule has 21 heavy (non-hydrogen) atoms. The van der Waals surface area contributed by atoms with E-state index in [1.54, 1.807) is 23.5 Å². The van der Waals surface area contributed by atoms with E-state index in [1.807, 2.05) is 36.4 Å². The van der Waals surface area contributed by atoms with Gasteiger partial charge >= 0.3 is 0 Å². The van der Waals surface area contributed by atoms with Crippen LogP contribution in [-0.4, -0.2) is 41.3 Å². The van der Waals surface area contributed by atoms with Gasteiger partial charge in [-0.25, -0.2) is 4.98 Å². The van der Waals surface area contributed by atoms with Crippen LogP contribution in [-0.2, 0) is 6.54 Å². The summed E-state index contributed by atoms with van der Waals surface area (Å²) in [6.45, 7) is 3.44. The van der Waals surface area contributed by atoms with Gasteiger partial charge in [0, 0.05) is 18.5 Å². The van der Waals surface area contributed by atoms with E-state index >= 15 is 0 Å². The highest BCUT2D eigenvalue weighted by Gasteiger charge is 2.11. The monoisotopic (exact) mass is 307 g/mol. The molecular weight excluding hydrogens is 286 g/mol. The molecule has 1 atom stereocenters. The van der Waals surface area contributed by atoms with Gasteiger partial charge in [-0.1, -0.05) is 12.1 Å². The molecule has 0 saturated heterocycles. The SMILES string of the molecule is Cc1nc(CN(C)CC(O)COc2ccccc2N)cs1. The first-order valence-corrected chi connectivity index (χ1v) is 7.67. The van der Waals surface area contributed by atoms with Crippen LogP contribution in [0.25, 0.3) is 0 Å². The van der Waals surface area contributed by atoms with Gasteiger partial charge in [-0.05, 0) is 26.1 Å². The summed E-state index contributed by atoms with van der Waals surface area (Å²) in [6, 6.07) is 7.28. The maximum absolute atomic E-state index is 10.0. The molecule has 6 heteroatoms. The summed E-state index contributed by atoms with van der Waals surface area (Å²) in [7, 11) is 1.95.